The topological polar surface area (TPSA) is 72.2 Å². The molecule has 0 radical (unpaired) electrons. The van der Waals surface area contributed by atoms with Gasteiger partial charge in [0.2, 0.25) is 0 Å². The summed E-state index contributed by atoms with van der Waals surface area (Å²) in [6, 6.07) is 10.7. The quantitative estimate of drug-likeness (QED) is 0.519. The highest BCUT2D eigenvalue weighted by atomic mass is 35.5. The summed E-state index contributed by atoms with van der Waals surface area (Å²) in [5.41, 5.74) is 1.38. The lowest BCUT2D eigenvalue weighted by atomic mass is 10.1. The van der Waals surface area contributed by atoms with E-state index in [1.807, 2.05) is 0 Å². The molecule has 108 valence electrons. The van der Waals surface area contributed by atoms with E-state index in [9.17, 15) is 14.9 Å². The summed E-state index contributed by atoms with van der Waals surface area (Å²) in [5, 5.41) is 13.5. The highest BCUT2D eigenvalue weighted by Gasteiger charge is 2.14. The predicted octanol–water partition coefficient (Wildman–Crippen LogP) is 4.24. The number of non-ortho nitro benzene ring substituents is 1. The van der Waals surface area contributed by atoms with E-state index >= 15 is 0 Å². The smallest absolute Gasteiger partial charge is 0.271 e. The maximum atomic E-state index is 12.1. The molecule has 7 heteroatoms. The number of alkyl halides is 1. The molecule has 0 aliphatic heterocycles. The molecule has 2 rings (SSSR count). The molecule has 21 heavy (non-hydrogen) atoms. The third-order valence-electron chi connectivity index (χ3n) is 2.72. The van der Waals surface area contributed by atoms with Crippen molar-refractivity contribution in [1.29, 1.82) is 0 Å². The molecule has 1 N–H and O–H groups in total. The van der Waals surface area contributed by atoms with Gasteiger partial charge in [0.1, 0.15) is 0 Å². The molecule has 0 heterocycles. The number of halogens is 2. The van der Waals surface area contributed by atoms with Gasteiger partial charge in [0, 0.05) is 34.3 Å². The first kappa shape index (κ1) is 15.3. The third kappa shape index (κ3) is 3.93. The van der Waals surface area contributed by atoms with Crippen molar-refractivity contribution in [2.75, 3.05) is 5.32 Å². The Morgan fingerprint density at radius 1 is 1.19 bits per heavy atom. The Bertz CT molecular complexity index is 687. The van der Waals surface area contributed by atoms with E-state index in [0.29, 0.717) is 11.6 Å². The minimum absolute atomic E-state index is 0.121. The monoisotopic (exact) mass is 324 g/mol. The number of nitrogens with zero attached hydrogens (tertiary/aromatic N) is 1. The Labute approximate surface area is 130 Å². The second-order valence-corrected chi connectivity index (χ2v) is 4.94. The Balaban J connectivity index is 2.21. The molecule has 1 amide bonds. The molecule has 0 aliphatic carbocycles. The summed E-state index contributed by atoms with van der Waals surface area (Å²) in [4.78, 5) is 22.2. The third-order valence-corrected chi connectivity index (χ3v) is 3.25. The van der Waals surface area contributed by atoms with Gasteiger partial charge in [0.05, 0.1) is 4.92 Å². The van der Waals surface area contributed by atoms with E-state index in [2.05, 4.69) is 5.32 Å². The molecule has 0 bridgehead atoms. The van der Waals surface area contributed by atoms with E-state index in [1.54, 1.807) is 24.3 Å². The second kappa shape index (κ2) is 6.56. The van der Waals surface area contributed by atoms with Gasteiger partial charge in [-0.3, -0.25) is 14.9 Å². The minimum atomic E-state index is -0.599. The average molecular weight is 325 g/mol. The van der Waals surface area contributed by atoms with Crippen LogP contribution in [-0.4, -0.2) is 10.8 Å². The number of nitro groups is 1. The fourth-order valence-corrected chi connectivity index (χ4v) is 2.10. The van der Waals surface area contributed by atoms with Gasteiger partial charge in [-0.25, -0.2) is 0 Å². The van der Waals surface area contributed by atoms with Crippen molar-refractivity contribution in [1.82, 2.24) is 0 Å². The molecule has 0 unspecified atom stereocenters. The average Bonchev–Trinajstić information content (AvgIpc) is 2.47. The van der Waals surface area contributed by atoms with Crippen molar-refractivity contribution in [3.05, 3.63) is 68.7 Å². The normalized spacial score (nSPS) is 10.2. The summed E-state index contributed by atoms with van der Waals surface area (Å²) in [5.74, 6) is -0.0893. The van der Waals surface area contributed by atoms with Crippen LogP contribution in [-0.2, 0) is 5.88 Å². The van der Waals surface area contributed by atoms with Crippen LogP contribution >= 0.6 is 23.2 Å². The predicted molar refractivity (Wildman–Crippen MR) is 82.1 cm³/mol. The number of carbonyl (C=O) groups is 1. The standard InChI is InChI=1S/C14H10Cl2N2O3/c15-8-9-1-3-12(4-2-9)17-14(19)10-5-11(16)7-13(6-10)18(20)21/h1-7H,8H2,(H,17,19). The number of anilines is 1. The van der Waals surface area contributed by atoms with Gasteiger partial charge in [-0.15, -0.1) is 11.6 Å². The molecule has 0 aromatic heterocycles. The van der Waals surface area contributed by atoms with Crippen LogP contribution in [0, 0.1) is 10.1 Å². The number of carbonyl (C=O) groups excluding carboxylic acids is 1. The number of amides is 1. The number of nitrogens with one attached hydrogen (secondary N) is 1. The van der Waals surface area contributed by atoms with Crippen LogP contribution in [0.2, 0.25) is 5.02 Å². The Hall–Kier alpha value is -2.11. The molecule has 0 atom stereocenters. The van der Waals surface area contributed by atoms with Gasteiger partial charge in [0.15, 0.2) is 0 Å². The van der Waals surface area contributed by atoms with Crippen LogP contribution < -0.4 is 5.32 Å². The molecule has 2 aromatic carbocycles. The van der Waals surface area contributed by atoms with Gasteiger partial charge >= 0.3 is 0 Å². The Morgan fingerprint density at radius 2 is 1.86 bits per heavy atom. The van der Waals surface area contributed by atoms with Crippen molar-refractivity contribution in [3.8, 4) is 0 Å². The first-order chi connectivity index (χ1) is 9.99. The highest BCUT2D eigenvalue weighted by molar-refractivity contribution is 6.31. The lowest BCUT2D eigenvalue weighted by molar-refractivity contribution is -0.384. The maximum absolute atomic E-state index is 12.1. The number of benzene rings is 2. The van der Waals surface area contributed by atoms with E-state index in [1.165, 1.54) is 18.2 Å². The molecular weight excluding hydrogens is 315 g/mol. The fraction of sp³-hybridized carbons (Fsp3) is 0.0714. The van der Waals surface area contributed by atoms with Crippen molar-refractivity contribution < 1.29 is 9.72 Å². The largest absolute Gasteiger partial charge is 0.322 e. The van der Waals surface area contributed by atoms with Crippen molar-refractivity contribution >= 4 is 40.5 Å². The summed E-state index contributed by atoms with van der Waals surface area (Å²) >= 11 is 11.5. The van der Waals surface area contributed by atoms with Gasteiger partial charge in [0.25, 0.3) is 11.6 Å². The van der Waals surface area contributed by atoms with Gasteiger partial charge < -0.3 is 5.32 Å². The fourth-order valence-electron chi connectivity index (χ4n) is 1.69. The van der Waals surface area contributed by atoms with Crippen LogP contribution in [0.4, 0.5) is 11.4 Å². The molecule has 5 nitrogen and oxygen atoms in total. The zero-order chi connectivity index (χ0) is 15.4. The summed E-state index contributed by atoms with van der Waals surface area (Å²) in [6.45, 7) is 0. The molecule has 2 aromatic rings. The molecule has 0 spiro atoms. The van der Waals surface area contributed by atoms with Gasteiger partial charge in [-0.2, -0.15) is 0 Å². The SMILES string of the molecule is O=C(Nc1ccc(CCl)cc1)c1cc(Cl)cc([N+](=O)[O-])c1. The van der Waals surface area contributed by atoms with Crippen molar-refractivity contribution in [2.24, 2.45) is 0 Å². The summed E-state index contributed by atoms with van der Waals surface area (Å²) < 4.78 is 0. The van der Waals surface area contributed by atoms with Gasteiger partial charge in [-0.1, -0.05) is 23.7 Å². The Kier molecular flexibility index (Phi) is 4.77. The summed E-state index contributed by atoms with van der Waals surface area (Å²) in [7, 11) is 0. The molecule has 0 saturated carbocycles. The van der Waals surface area contributed by atoms with Crippen molar-refractivity contribution in [3.63, 3.8) is 0 Å². The molecule has 0 fully saturated rings. The molecule has 0 aliphatic rings. The van der Waals surface area contributed by atoms with E-state index in [4.69, 9.17) is 23.2 Å². The molecular formula is C14H10Cl2N2O3. The lowest BCUT2D eigenvalue weighted by Gasteiger charge is -2.06. The summed E-state index contributed by atoms with van der Waals surface area (Å²) in [6.07, 6.45) is 0. The Morgan fingerprint density at radius 3 is 2.43 bits per heavy atom. The number of rotatable bonds is 4. The zero-order valence-electron chi connectivity index (χ0n) is 10.7. The zero-order valence-corrected chi connectivity index (χ0v) is 12.2. The van der Waals surface area contributed by atoms with E-state index in [0.717, 1.165) is 5.56 Å². The van der Waals surface area contributed by atoms with Crippen LogP contribution in [0.15, 0.2) is 42.5 Å². The van der Waals surface area contributed by atoms with Crippen LogP contribution in [0.1, 0.15) is 15.9 Å². The highest BCUT2D eigenvalue weighted by Crippen LogP contribution is 2.22. The lowest BCUT2D eigenvalue weighted by Crippen LogP contribution is -2.12. The van der Waals surface area contributed by atoms with Crippen LogP contribution in [0.25, 0.3) is 0 Å². The number of hydrogen-bond donors (Lipinski definition) is 1. The van der Waals surface area contributed by atoms with Crippen LogP contribution in [0.3, 0.4) is 0 Å². The minimum Gasteiger partial charge on any atom is -0.322 e. The van der Waals surface area contributed by atoms with E-state index in [-0.39, 0.29) is 16.3 Å². The number of nitro benzene ring substituents is 1. The van der Waals surface area contributed by atoms with E-state index < -0.39 is 10.8 Å². The first-order valence-corrected chi connectivity index (χ1v) is 6.82. The number of hydrogen-bond acceptors (Lipinski definition) is 3. The maximum Gasteiger partial charge on any atom is 0.271 e. The molecule has 0 saturated heterocycles. The second-order valence-electron chi connectivity index (χ2n) is 4.24. The van der Waals surface area contributed by atoms with Crippen LogP contribution in [0.5, 0.6) is 0 Å². The van der Waals surface area contributed by atoms with Crippen molar-refractivity contribution in [2.45, 2.75) is 5.88 Å². The first-order valence-electron chi connectivity index (χ1n) is 5.91. The van der Waals surface area contributed by atoms with Gasteiger partial charge in [-0.05, 0) is 23.8 Å².